The minimum absolute atomic E-state index is 0.000917. The molecule has 0 radical (unpaired) electrons. The van der Waals surface area contributed by atoms with Crippen LogP contribution >= 0.6 is 0 Å². The van der Waals surface area contributed by atoms with Crippen molar-refractivity contribution in [3.05, 3.63) is 142 Å². The van der Waals surface area contributed by atoms with Crippen LogP contribution in [0.5, 0.6) is 0 Å². The smallest absolute Gasteiger partial charge is 0.295 e. The summed E-state index contributed by atoms with van der Waals surface area (Å²) in [5.41, 5.74) is 8.58. The number of fused-ring (bicyclic) bond motifs is 2. The van der Waals surface area contributed by atoms with E-state index in [9.17, 15) is 61.5 Å². The number of hydrogen-bond acceptors (Lipinski definition) is 16. The summed E-state index contributed by atoms with van der Waals surface area (Å²) in [7, 11) is -19.4. The molecule has 0 unspecified atom stereocenters. The number of Topliss-reactive ketones (excluding diaryl/α,β-unsaturated/α-hetero) is 2. The van der Waals surface area contributed by atoms with Gasteiger partial charge in [0.05, 0.1) is 11.4 Å². The number of allylic oxidation sites excluding steroid dienone is 4. The minimum atomic E-state index is -4.94. The Hall–Kier alpha value is -6.38. The van der Waals surface area contributed by atoms with Crippen LogP contribution < -0.4 is 21.7 Å². The lowest BCUT2D eigenvalue weighted by atomic mass is 9.97. The number of nitrogens with one attached hydrogen (secondary N) is 4. The Kier molecular flexibility index (Phi) is 11.0. The molecule has 2 aromatic carbocycles. The van der Waals surface area contributed by atoms with Crippen LogP contribution in [0.1, 0.15) is 43.2 Å². The highest BCUT2D eigenvalue weighted by Gasteiger charge is 2.31. The molecule has 0 fully saturated rings. The predicted octanol–water partition coefficient (Wildman–Crippen LogP) is 2.99. The highest BCUT2D eigenvalue weighted by molar-refractivity contribution is 7.95. The Morgan fingerprint density at radius 1 is 0.517 bits per heavy atom. The fourth-order valence-electron chi connectivity index (χ4n) is 5.57. The number of hydrazine groups is 2. The van der Waals surface area contributed by atoms with Crippen LogP contribution in [-0.2, 0) is 40.5 Å². The molecule has 0 saturated carbocycles. The largest absolute Gasteiger partial charge is 0.307 e. The molecule has 58 heavy (non-hydrogen) atoms. The molecule has 0 aliphatic heterocycles. The maximum Gasteiger partial charge on any atom is 0.295 e. The molecule has 2 aromatic heterocycles. The number of rotatable bonds is 12. The number of benzene rings is 2. The quantitative estimate of drug-likeness (QED) is 0.0439. The molecule has 8 N–H and O–H groups in total. The van der Waals surface area contributed by atoms with E-state index in [2.05, 4.69) is 31.7 Å². The molecule has 0 bridgehead atoms. The number of ketones is 2. The predicted molar refractivity (Wildman–Crippen MR) is 207 cm³/mol. The van der Waals surface area contributed by atoms with Crippen LogP contribution in [0.25, 0.3) is 22.0 Å². The first-order chi connectivity index (χ1) is 27.1. The van der Waals surface area contributed by atoms with Crippen molar-refractivity contribution in [2.24, 2.45) is 0 Å². The minimum Gasteiger partial charge on any atom is -0.307 e. The van der Waals surface area contributed by atoms with E-state index in [1.165, 1.54) is 60.9 Å². The number of carbonyl (C=O) groups excluding carboxylic acids is 2. The maximum absolute atomic E-state index is 12.9. The Balaban J connectivity index is 1.22. The van der Waals surface area contributed by atoms with Crippen molar-refractivity contribution in [2.75, 3.05) is 10.9 Å². The van der Waals surface area contributed by atoms with Crippen molar-refractivity contribution < 1.29 is 61.5 Å². The third-order valence-electron chi connectivity index (χ3n) is 8.14. The Labute approximate surface area is 329 Å². The lowest BCUT2D eigenvalue weighted by Crippen LogP contribution is -2.21. The van der Waals surface area contributed by atoms with E-state index < -0.39 is 71.6 Å². The van der Waals surface area contributed by atoms with Gasteiger partial charge in [-0.3, -0.25) is 37.8 Å². The second-order valence-electron chi connectivity index (χ2n) is 12.0. The van der Waals surface area contributed by atoms with Crippen LogP contribution in [0, 0.1) is 0 Å². The van der Waals surface area contributed by atoms with Gasteiger partial charge in [-0.15, -0.1) is 0 Å². The van der Waals surface area contributed by atoms with Crippen LogP contribution in [0.2, 0.25) is 0 Å². The number of nitrogens with zero attached hydrogens (tertiary/aromatic N) is 2. The molecule has 6 rings (SSSR count). The molecule has 2 aliphatic rings. The van der Waals surface area contributed by atoms with E-state index in [1.807, 2.05) is 0 Å². The molecule has 0 saturated heterocycles. The topological polar surface area (TPSA) is 326 Å². The molecule has 4 aromatic rings. The number of anilines is 2. The summed E-state index contributed by atoms with van der Waals surface area (Å²) in [5.74, 6) is -1.40. The molecule has 2 aliphatic carbocycles. The highest BCUT2D eigenvalue weighted by atomic mass is 32.2. The first-order valence-corrected chi connectivity index (χ1v) is 21.6. The molecule has 24 heteroatoms. The molecule has 0 spiro atoms. The second kappa shape index (κ2) is 15.5. The average molecular weight is 871 g/mol. The van der Waals surface area contributed by atoms with E-state index in [0.717, 1.165) is 48.8 Å². The normalized spacial score (nSPS) is 16.1. The lowest BCUT2D eigenvalue weighted by molar-refractivity contribution is 0.102. The number of carbonyl (C=O) groups is 2. The zero-order chi connectivity index (χ0) is 42.2. The van der Waals surface area contributed by atoms with Crippen LogP contribution in [0.4, 0.5) is 11.4 Å². The van der Waals surface area contributed by atoms with Crippen molar-refractivity contribution >= 4 is 85.4 Å². The summed E-state index contributed by atoms with van der Waals surface area (Å²) in [6, 6.07) is 12.3. The third kappa shape index (κ3) is 8.93. The average Bonchev–Trinajstić information content (AvgIpc) is 3.14. The van der Waals surface area contributed by atoms with Crippen LogP contribution in [-0.4, -0.2) is 73.4 Å². The zero-order valence-corrected chi connectivity index (χ0v) is 32.1. The van der Waals surface area contributed by atoms with E-state index in [-0.39, 0.29) is 56.2 Å². The van der Waals surface area contributed by atoms with Gasteiger partial charge in [0.25, 0.3) is 40.5 Å². The van der Waals surface area contributed by atoms with Crippen molar-refractivity contribution in [3.63, 3.8) is 0 Å². The molecular weight excluding hydrogens is 845 g/mol. The SMILES string of the molecule is O=C1/C(=C/NNc2ccc(C=Cc3ccc(NN/C=C4\C=C(S(=O)(=O)O)c5cccnc5C4=O)cc3S(=O)(=O)O)c(S(=O)(=O)O)c2)C=C(S(=O)(=O)O)c2cccnc21. The van der Waals surface area contributed by atoms with Gasteiger partial charge in [0, 0.05) is 47.1 Å². The number of aromatic nitrogens is 2. The number of pyridine rings is 2. The van der Waals surface area contributed by atoms with Gasteiger partial charge in [-0.1, -0.05) is 24.3 Å². The monoisotopic (exact) mass is 870 g/mol. The van der Waals surface area contributed by atoms with Gasteiger partial charge in [-0.05, 0) is 71.8 Å². The van der Waals surface area contributed by atoms with E-state index in [0.29, 0.717) is 0 Å². The van der Waals surface area contributed by atoms with Crippen LogP contribution in [0.3, 0.4) is 0 Å². The number of hydrogen-bond donors (Lipinski definition) is 8. The van der Waals surface area contributed by atoms with Crippen molar-refractivity contribution in [3.8, 4) is 0 Å². The Morgan fingerprint density at radius 2 is 0.897 bits per heavy atom. The summed E-state index contributed by atoms with van der Waals surface area (Å²) in [6.45, 7) is 0. The Morgan fingerprint density at radius 3 is 1.24 bits per heavy atom. The zero-order valence-electron chi connectivity index (χ0n) is 28.8. The summed E-state index contributed by atoms with van der Waals surface area (Å²) in [6.07, 6.45) is 8.60. The van der Waals surface area contributed by atoms with Crippen molar-refractivity contribution in [2.45, 2.75) is 9.79 Å². The summed E-state index contributed by atoms with van der Waals surface area (Å²) >= 11 is 0. The van der Waals surface area contributed by atoms with E-state index in [4.69, 9.17) is 0 Å². The summed E-state index contributed by atoms with van der Waals surface area (Å²) in [5, 5.41) is 0. The van der Waals surface area contributed by atoms with Gasteiger partial charge in [0.2, 0.25) is 11.6 Å². The third-order valence-corrected chi connectivity index (χ3v) is 11.7. The molecule has 0 atom stereocenters. The van der Waals surface area contributed by atoms with Crippen LogP contribution in [0.15, 0.2) is 119 Å². The van der Waals surface area contributed by atoms with Gasteiger partial charge in [-0.2, -0.15) is 33.7 Å². The van der Waals surface area contributed by atoms with Gasteiger partial charge < -0.3 is 21.7 Å². The Bertz CT molecular complexity index is 2840. The molecule has 0 amide bonds. The summed E-state index contributed by atoms with van der Waals surface area (Å²) in [4.78, 5) is 31.1. The molecule has 2 heterocycles. The maximum atomic E-state index is 12.9. The van der Waals surface area contributed by atoms with E-state index >= 15 is 0 Å². The van der Waals surface area contributed by atoms with E-state index in [1.54, 1.807) is 0 Å². The van der Waals surface area contributed by atoms with Crippen molar-refractivity contribution in [1.29, 1.82) is 0 Å². The van der Waals surface area contributed by atoms with Gasteiger partial charge in [0.15, 0.2) is 0 Å². The standard InChI is InChI=1S/C34H26N6O14S4/c41-33-21(13-29(57(49,50)51)25-3-1-11-35-31(25)33)17-37-39-23-9-7-19(27(15-23)55(43,44)45)5-6-20-8-10-24(16-28(20)56(46,47)48)40-38-18-22-14-30(58(52,53)54)26-4-2-12-36-32(26)34(22)42/h1-18,37-40H,(H,43,44,45)(H,46,47,48)(H,49,50,51)(H,52,53,54)/b6-5?,21-17+,22-18+. The molecule has 300 valence electrons. The van der Waals surface area contributed by atoms with Gasteiger partial charge in [-0.25, -0.2) is 0 Å². The fraction of sp³-hybridized carbons (Fsp3) is 0. The van der Waals surface area contributed by atoms with Crippen molar-refractivity contribution in [1.82, 2.24) is 20.8 Å². The fourth-order valence-corrected chi connectivity index (χ4v) is 8.43. The highest BCUT2D eigenvalue weighted by Crippen LogP contribution is 2.32. The molecular formula is C34H26N6O14S4. The molecule has 20 nitrogen and oxygen atoms in total. The van der Waals surface area contributed by atoms with Gasteiger partial charge >= 0.3 is 0 Å². The first-order valence-electron chi connectivity index (χ1n) is 15.9. The first kappa shape index (κ1) is 41.3. The lowest BCUT2D eigenvalue weighted by Gasteiger charge is -2.16. The van der Waals surface area contributed by atoms with Gasteiger partial charge in [0.1, 0.15) is 31.0 Å². The second-order valence-corrected chi connectivity index (χ2v) is 17.5. The summed E-state index contributed by atoms with van der Waals surface area (Å²) < 4.78 is 137.